The summed E-state index contributed by atoms with van der Waals surface area (Å²) in [4.78, 5) is 0.357. The molecule has 0 spiro atoms. The second-order valence-corrected chi connectivity index (χ2v) is 10.8. The van der Waals surface area contributed by atoms with Crippen LogP contribution in [0.2, 0.25) is 0 Å². The van der Waals surface area contributed by atoms with Crippen molar-refractivity contribution in [2.24, 2.45) is 0 Å². The molecular formula is C27H29NO4S. The Labute approximate surface area is 196 Å². The molecule has 0 saturated heterocycles. The van der Waals surface area contributed by atoms with E-state index in [1.54, 1.807) is 30.7 Å². The first-order chi connectivity index (χ1) is 15.9. The topological polar surface area (TPSA) is 55.8 Å². The Kier molecular flexibility index (Phi) is 5.67. The van der Waals surface area contributed by atoms with Crippen molar-refractivity contribution in [3.63, 3.8) is 0 Å². The number of hydrogen-bond acceptors (Lipinski definition) is 4. The van der Waals surface area contributed by atoms with Crippen molar-refractivity contribution in [2.75, 3.05) is 20.8 Å². The molecule has 0 bridgehead atoms. The molecule has 3 aromatic carbocycles. The number of benzene rings is 3. The molecule has 1 heterocycles. The van der Waals surface area contributed by atoms with Gasteiger partial charge in [0, 0.05) is 18.5 Å². The molecule has 2 atom stereocenters. The number of sulfonamides is 1. The monoisotopic (exact) mass is 463 g/mol. The van der Waals surface area contributed by atoms with Crippen LogP contribution in [0.4, 0.5) is 0 Å². The number of fused-ring (bicyclic) bond motifs is 5. The third kappa shape index (κ3) is 3.71. The molecule has 0 radical (unpaired) electrons. The third-order valence-corrected chi connectivity index (χ3v) is 9.00. The quantitative estimate of drug-likeness (QED) is 0.563. The number of nitrogens with zero attached hydrogens (tertiary/aromatic N) is 1. The van der Waals surface area contributed by atoms with Gasteiger partial charge < -0.3 is 9.47 Å². The van der Waals surface area contributed by atoms with Crippen molar-refractivity contribution < 1.29 is 17.9 Å². The minimum atomic E-state index is -3.64. The van der Waals surface area contributed by atoms with E-state index in [2.05, 4.69) is 24.3 Å². The minimum absolute atomic E-state index is 0.0625. The van der Waals surface area contributed by atoms with Gasteiger partial charge in [-0.1, -0.05) is 42.0 Å². The highest BCUT2D eigenvalue weighted by Gasteiger charge is 2.43. The first-order valence-electron chi connectivity index (χ1n) is 11.3. The van der Waals surface area contributed by atoms with Crippen molar-refractivity contribution in [3.05, 3.63) is 88.5 Å². The van der Waals surface area contributed by atoms with E-state index in [0.29, 0.717) is 29.4 Å². The molecule has 0 fully saturated rings. The van der Waals surface area contributed by atoms with Crippen LogP contribution in [-0.4, -0.2) is 39.5 Å². The Morgan fingerprint density at radius 1 is 0.848 bits per heavy atom. The summed E-state index contributed by atoms with van der Waals surface area (Å²) in [6.07, 6.45) is 2.24. The summed E-state index contributed by atoms with van der Waals surface area (Å²) < 4.78 is 40.7. The van der Waals surface area contributed by atoms with Crippen LogP contribution in [0.15, 0.2) is 65.6 Å². The molecule has 0 saturated carbocycles. The number of ether oxygens (including phenoxy) is 2. The Balaban J connectivity index is 1.68. The molecule has 2 aliphatic rings. The molecule has 33 heavy (non-hydrogen) atoms. The average Bonchev–Trinajstić information content (AvgIpc) is 3.01. The largest absolute Gasteiger partial charge is 0.493 e. The van der Waals surface area contributed by atoms with Gasteiger partial charge in [-0.15, -0.1) is 0 Å². The van der Waals surface area contributed by atoms with E-state index in [0.717, 1.165) is 24.0 Å². The zero-order valence-corrected chi connectivity index (χ0v) is 20.1. The zero-order valence-electron chi connectivity index (χ0n) is 19.2. The summed E-state index contributed by atoms with van der Waals surface area (Å²) in [5, 5.41) is 0. The molecule has 6 heteroatoms. The van der Waals surface area contributed by atoms with Gasteiger partial charge in [0.2, 0.25) is 10.0 Å². The Morgan fingerprint density at radius 2 is 1.55 bits per heavy atom. The minimum Gasteiger partial charge on any atom is -0.493 e. The molecule has 0 amide bonds. The van der Waals surface area contributed by atoms with E-state index < -0.39 is 10.0 Å². The summed E-state index contributed by atoms with van der Waals surface area (Å²) in [5.41, 5.74) is 5.78. The molecule has 5 rings (SSSR count). The maximum atomic E-state index is 13.9. The van der Waals surface area contributed by atoms with Crippen molar-refractivity contribution in [2.45, 2.75) is 43.0 Å². The Hall–Kier alpha value is -2.83. The molecule has 5 nitrogen and oxygen atoms in total. The predicted molar refractivity (Wildman–Crippen MR) is 129 cm³/mol. The lowest BCUT2D eigenvalue weighted by molar-refractivity contribution is 0.280. The van der Waals surface area contributed by atoms with Crippen LogP contribution >= 0.6 is 0 Å². The van der Waals surface area contributed by atoms with Gasteiger partial charge in [0.25, 0.3) is 0 Å². The van der Waals surface area contributed by atoms with E-state index in [1.165, 1.54) is 16.7 Å². The molecule has 0 N–H and O–H groups in total. The second kappa shape index (κ2) is 8.50. The van der Waals surface area contributed by atoms with E-state index in [4.69, 9.17) is 9.47 Å². The van der Waals surface area contributed by atoms with Crippen LogP contribution in [0.3, 0.4) is 0 Å². The number of aryl methyl sites for hydroxylation is 2. The number of rotatable bonds is 4. The van der Waals surface area contributed by atoms with E-state index in [-0.39, 0.29) is 12.0 Å². The summed E-state index contributed by atoms with van der Waals surface area (Å²) in [5.74, 6) is 1.32. The van der Waals surface area contributed by atoms with Crippen LogP contribution in [0, 0.1) is 6.92 Å². The highest BCUT2D eigenvalue weighted by molar-refractivity contribution is 7.89. The summed E-state index contributed by atoms with van der Waals surface area (Å²) in [6, 6.07) is 19.5. The van der Waals surface area contributed by atoms with Gasteiger partial charge in [-0.2, -0.15) is 4.31 Å². The van der Waals surface area contributed by atoms with Gasteiger partial charge in [0.05, 0.1) is 19.1 Å². The molecule has 1 aliphatic carbocycles. The van der Waals surface area contributed by atoms with Crippen molar-refractivity contribution in [3.8, 4) is 11.5 Å². The lowest BCUT2D eigenvalue weighted by Crippen LogP contribution is -2.45. The molecule has 0 unspecified atom stereocenters. The van der Waals surface area contributed by atoms with E-state index in [9.17, 15) is 8.42 Å². The molecule has 172 valence electrons. The second-order valence-electron chi connectivity index (χ2n) is 8.87. The molecule has 1 aliphatic heterocycles. The standard InChI is InChI=1S/C27H29NO4S/c1-18-8-11-21(12-9-18)33(29,30)28-15-14-19-6-4-5-7-22(19)27-23-17-26(32-3)25(31-2)16-20(23)10-13-24(27)28/h4-9,11-12,16-17,24,27H,10,13-15H2,1-3H3/t24-,27-/m1/s1. The van der Waals surface area contributed by atoms with Gasteiger partial charge in [-0.05, 0) is 72.7 Å². The van der Waals surface area contributed by atoms with Crippen LogP contribution in [0.5, 0.6) is 11.5 Å². The number of hydrogen-bond donors (Lipinski definition) is 0. The molecule has 0 aromatic heterocycles. The summed E-state index contributed by atoms with van der Waals surface area (Å²) in [6.45, 7) is 2.44. The first-order valence-corrected chi connectivity index (χ1v) is 12.8. The normalized spacial score (nSPS) is 20.2. The van der Waals surface area contributed by atoms with Gasteiger partial charge in [0.15, 0.2) is 11.5 Å². The van der Waals surface area contributed by atoms with Crippen molar-refractivity contribution in [1.82, 2.24) is 4.31 Å². The highest BCUT2D eigenvalue weighted by Crippen LogP contribution is 2.47. The fraction of sp³-hybridized carbons (Fsp3) is 0.333. The summed E-state index contributed by atoms with van der Waals surface area (Å²) in [7, 11) is -0.360. The lowest BCUT2D eigenvalue weighted by Gasteiger charge is -2.39. The predicted octanol–water partition coefficient (Wildman–Crippen LogP) is 4.71. The van der Waals surface area contributed by atoms with Gasteiger partial charge in [-0.3, -0.25) is 0 Å². The van der Waals surface area contributed by atoms with Crippen LogP contribution in [-0.2, 0) is 22.9 Å². The van der Waals surface area contributed by atoms with Crippen LogP contribution in [0.25, 0.3) is 0 Å². The average molecular weight is 464 g/mol. The fourth-order valence-corrected chi connectivity index (χ4v) is 7.08. The van der Waals surface area contributed by atoms with E-state index >= 15 is 0 Å². The van der Waals surface area contributed by atoms with Gasteiger partial charge in [0.1, 0.15) is 0 Å². The van der Waals surface area contributed by atoms with Crippen molar-refractivity contribution in [1.29, 1.82) is 0 Å². The lowest BCUT2D eigenvalue weighted by atomic mass is 9.74. The number of methoxy groups -OCH3 is 2. The maximum Gasteiger partial charge on any atom is 0.243 e. The highest BCUT2D eigenvalue weighted by atomic mass is 32.2. The molecular weight excluding hydrogens is 434 g/mol. The Bertz CT molecular complexity index is 1280. The third-order valence-electron chi connectivity index (χ3n) is 7.06. The Morgan fingerprint density at radius 3 is 2.27 bits per heavy atom. The van der Waals surface area contributed by atoms with E-state index in [1.807, 2.05) is 31.2 Å². The van der Waals surface area contributed by atoms with Gasteiger partial charge in [-0.25, -0.2) is 8.42 Å². The fourth-order valence-electron chi connectivity index (χ4n) is 5.41. The molecule has 3 aromatic rings. The van der Waals surface area contributed by atoms with Crippen LogP contribution < -0.4 is 9.47 Å². The summed E-state index contributed by atoms with van der Waals surface area (Å²) >= 11 is 0. The maximum absolute atomic E-state index is 13.9. The first kappa shape index (κ1) is 22.0. The van der Waals surface area contributed by atoms with Crippen molar-refractivity contribution >= 4 is 10.0 Å². The van der Waals surface area contributed by atoms with Crippen LogP contribution in [0.1, 0.15) is 40.2 Å². The zero-order chi connectivity index (χ0) is 23.2. The van der Waals surface area contributed by atoms with Gasteiger partial charge >= 0.3 is 0 Å². The SMILES string of the molecule is COc1cc2c(cc1OC)[C@H]1c3ccccc3CCN(S(=O)(=O)c3ccc(C)cc3)[C@@H]1CC2. The smallest absolute Gasteiger partial charge is 0.243 e.